The number of nitrogens with zero attached hydrogens (tertiary/aromatic N) is 3. The number of piperazine rings is 1. The Morgan fingerprint density at radius 1 is 1.00 bits per heavy atom. The van der Waals surface area contributed by atoms with E-state index in [1.54, 1.807) is 37.3 Å². The molecule has 2 aromatic rings. The van der Waals surface area contributed by atoms with Gasteiger partial charge in [-0.2, -0.15) is 0 Å². The van der Waals surface area contributed by atoms with Crippen molar-refractivity contribution in [2.45, 2.75) is 13.5 Å². The largest absolute Gasteiger partial charge is 0.340 e. The Labute approximate surface area is 186 Å². The van der Waals surface area contributed by atoms with Gasteiger partial charge in [0.2, 0.25) is 5.91 Å². The highest BCUT2D eigenvalue weighted by Gasteiger charge is 2.18. The first-order valence-electron chi connectivity index (χ1n) is 10.3. The normalized spacial score (nSPS) is 14.8. The summed E-state index contributed by atoms with van der Waals surface area (Å²) in [5.41, 5.74) is 4.25. The highest BCUT2D eigenvalue weighted by molar-refractivity contribution is 6.06. The average molecular weight is 434 g/mol. The summed E-state index contributed by atoms with van der Waals surface area (Å²) in [6.45, 7) is 5.40. The molecule has 3 rings (SSSR count). The fourth-order valence-corrected chi connectivity index (χ4v) is 3.41. The van der Waals surface area contributed by atoms with Crippen LogP contribution in [0.5, 0.6) is 0 Å². The van der Waals surface area contributed by atoms with Crippen molar-refractivity contribution in [1.82, 2.24) is 20.3 Å². The van der Waals surface area contributed by atoms with E-state index in [-0.39, 0.29) is 11.7 Å². The third kappa shape index (κ3) is 6.69. The van der Waals surface area contributed by atoms with Crippen LogP contribution < -0.4 is 5.48 Å². The first-order chi connectivity index (χ1) is 15.4. The van der Waals surface area contributed by atoms with Crippen molar-refractivity contribution in [3.63, 3.8) is 0 Å². The molecule has 0 aliphatic carbocycles. The molecule has 2 N–H and O–H groups in total. The molecule has 0 bridgehead atoms. The average Bonchev–Trinajstić information content (AvgIpc) is 2.81. The molecule has 1 aromatic heterocycles. The molecular formula is C24H26N4O4. The van der Waals surface area contributed by atoms with E-state index in [1.807, 2.05) is 23.1 Å². The van der Waals surface area contributed by atoms with E-state index in [4.69, 9.17) is 5.21 Å². The summed E-state index contributed by atoms with van der Waals surface area (Å²) in [7, 11) is 0. The van der Waals surface area contributed by atoms with E-state index < -0.39 is 5.91 Å². The fraction of sp³-hybridized carbons (Fsp3) is 0.250. The molecule has 8 nitrogen and oxygen atoms in total. The minimum atomic E-state index is -0.650. The van der Waals surface area contributed by atoms with Crippen LogP contribution in [0.4, 0.5) is 0 Å². The van der Waals surface area contributed by atoms with Crippen molar-refractivity contribution in [2.75, 3.05) is 26.2 Å². The third-order valence-electron chi connectivity index (χ3n) is 5.15. The van der Waals surface area contributed by atoms with Gasteiger partial charge in [-0.05, 0) is 42.0 Å². The number of carbonyl (C=O) groups is 3. The molecule has 166 valence electrons. The van der Waals surface area contributed by atoms with Crippen LogP contribution in [0, 0.1) is 0 Å². The van der Waals surface area contributed by atoms with Gasteiger partial charge in [0.25, 0.3) is 5.91 Å². The van der Waals surface area contributed by atoms with Gasteiger partial charge in [0.05, 0.1) is 11.4 Å². The molecule has 1 aliphatic rings. The number of hydrogen-bond donors (Lipinski definition) is 2. The lowest BCUT2D eigenvalue weighted by molar-refractivity contribution is -0.130. The van der Waals surface area contributed by atoms with Crippen LogP contribution in [0.3, 0.4) is 0 Å². The Morgan fingerprint density at radius 3 is 2.31 bits per heavy atom. The van der Waals surface area contributed by atoms with Crippen molar-refractivity contribution in [1.29, 1.82) is 0 Å². The van der Waals surface area contributed by atoms with E-state index in [0.717, 1.165) is 44.4 Å². The fourth-order valence-electron chi connectivity index (χ4n) is 3.41. The summed E-state index contributed by atoms with van der Waals surface area (Å²) < 4.78 is 0. The standard InChI is InChI=1S/C24H26N4O4/c1-18(29)28-14-12-27(13-15-28)17-19-4-2-5-20(16-19)23(30)10-8-21-6-3-7-22(25-21)9-11-24(31)26-32/h2-11,16,32H,12-15,17H2,1H3,(H,26,31). The molecule has 0 unspecified atom stereocenters. The summed E-state index contributed by atoms with van der Waals surface area (Å²) in [5.74, 6) is -0.671. The number of carbonyl (C=O) groups excluding carboxylic acids is 3. The molecule has 8 heteroatoms. The number of aromatic nitrogens is 1. The number of rotatable bonds is 7. The lowest BCUT2D eigenvalue weighted by atomic mass is 10.1. The van der Waals surface area contributed by atoms with E-state index >= 15 is 0 Å². The van der Waals surface area contributed by atoms with Gasteiger partial charge in [-0.3, -0.25) is 24.5 Å². The molecule has 2 amide bonds. The van der Waals surface area contributed by atoms with Gasteiger partial charge < -0.3 is 4.90 Å². The molecule has 32 heavy (non-hydrogen) atoms. The van der Waals surface area contributed by atoms with Gasteiger partial charge in [-0.15, -0.1) is 0 Å². The molecule has 0 spiro atoms. The maximum absolute atomic E-state index is 12.7. The minimum absolute atomic E-state index is 0.107. The molecular weight excluding hydrogens is 408 g/mol. The van der Waals surface area contributed by atoms with Gasteiger partial charge in [-0.25, -0.2) is 10.5 Å². The van der Waals surface area contributed by atoms with E-state index in [9.17, 15) is 14.4 Å². The second-order valence-corrected chi connectivity index (χ2v) is 7.48. The predicted octanol–water partition coefficient (Wildman–Crippen LogP) is 2.16. The predicted molar refractivity (Wildman–Crippen MR) is 121 cm³/mol. The quantitative estimate of drug-likeness (QED) is 0.300. The maximum Gasteiger partial charge on any atom is 0.267 e. The van der Waals surface area contributed by atoms with Crippen LogP contribution >= 0.6 is 0 Å². The van der Waals surface area contributed by atoms with Crippen molar-refractivity contribution in [3.8, 4) is 0 Å². The van der Waals surface area contributed by atoms with E-state index in [2.05, 4.69) is 9.88 Å². The number of benzene rings is 1. The van der Waals surface area contributed by atoms with Crippen LogP contribution in [0.15, 0.2) is 54.6 Å². The Morgan fingerprint density at radius 2 is 1.66 bits per heavy atom. The smallest absolute Gasteiger partial charge is 0.267 e. The van der Waals surface area contributed by atoms with E-state index in [1.165, 1.54) is 17.6 Å². The van der Waals surface area contributed by atoms with E-state index in [0.29, 0.717) is 17.0 Å². The van der Waals surface area contributed by atoms with Crippen molar-refractivity contribution in [2.24, 2.45) is 0 Å². The number of amides is 2. The SMILES string of the molecule is CC(=O)N1CCN(Cc2cccc(C(=O)C=Cc3cccc(C=CC(=O)NO)n3)c2)CC1. The Balaban J connectivity index is 1.61. The number of hydroxylamine groups is 1. The number of hydrogen-bond acceptors (Lipinski definition) is 6. The monoisotopic (exact) mass is 434 g/mol. The number of allylic oxidation sites excluding steroid dienone is 1. The lowest BCUT2D eigenvalue weighted by Crippen LogP contribution is -2.47. The number of ketones is 1. The second kappa shape index (κ2) is 11.1. The van der Waals surface area contributed by atoms with Crippen molar-refractivity contribution >= 4 is 29.7 Å². The molecule has 1 aromatic carbocycles. The summed E-state index contributed by atoms with van der Waals surface area (Å²) in [6, 6.07) is 12.8. The van der Waals surface area contributed by atoms with Gasteiger partial charge >= 0.3 is 0 Å². The Kier molecular flexibility index (Phi) is 8.02. The van der Waals surface area contributed by atoms with Crippen LogP contribution in [-0.4, -0.2) is 63.8 Å². The van der Waals surface area contributed by atoms with Crippen molar-refractivity contribution < 1.29 is 19.6 Å². The molecule has 2 heterocycles. The molecule has 1 fully saturated rings. The van der Waals surface area contributed by atoms with Gasteiger partial charge in [0.15, 0.2) is 5.78 Å². The number of nitrogens with one attached hydrogen (secondary N) is 1. The van der Waals surface area contributed by atoms with Crippen LogP contribution in [0.25, 0.3) is 12.2 Å². The minimum Gasteiger partial charge on any atom is -0.340 e. The summed E-state index contributed by atoms with van der Waals surface area (Å²) in [6.07, 6.45) is 5.72. The third-order valence-corrected chi connectivity index (χ3v) is 5.15. The molecule has 1 saturated heterocycles. The second-order valence-electron chi connectivity index (χ2n) is 7.48. The lowest BCUT2D eigenvalue weighted by Gasteiger charge is -2.34. The molecule has 0 saturated carbocycles. The van der Waals surface area contributed by atoms with Gasteiger partial charge in [0.1, 0.15) is 0 Å². The topological polar surface area (TPSA) is 103 Å². The highest BCUT2D eigenvalue weighted by atomic mass is 16.5. The van der Waals surface area contributed by atoms with Crippen LogP contribution in [-0.2, 0) is 16.1 Å². The van der Waals surface area contributed by atoms with Crippen molar-refractivity contribution in [3.05, 3.63) is 77.1 Å². The van der Waals surface area contributed by atoms with Gasteiger partial charge in [0, 0.05) is 51.3 Å². The first kappa shape index (κ1) is 23.1. The maximum atomic E-state index is 12.7. The van der Waals surface area contributed by atoms with Crippen LogP contribution in [0.1, 0.15) is 34.2 Å². The van der Waals surface area contributed by atoms with Crippen LogP contribution in [0.2, 0.25) is 0 Å². The summed E-state index contributed by atoms with van der Waals surface area (Å²) >= 11 is 0. The summed E-state index contributed by atoms with van der Waals surface area (Å²) in [4.78, 5) is 43.7. The highest BCUT2D eigenvalue weighted by Crippen LogP contribution is 2.13. The zero-order valence-corrected chi connectivity index (χ0v) is 17.9. The molecule has 0 radical (unpaired) electrons. The van der Waals surface area contributed by atoms with Gasteiger partial charge in [-0.1, -0.05) is 24.3 Å². The Hall–Kier alpha value is -3.62. The zero-order valence-electron chi connectivity index (χ0n) is 17.9. The molecule has 0 atom stereocenters. The Bertz CT molecular complexity index is 1040. The zero-order chi connectivity index (χ0) is 22.9. The summed E-state index contributed by atoms with van der Waals surface area (Å²) in [5, 5.41) is 8.53. The first-order valence-corrected chi connectivity index (χ1v) is 10.3. The molecule has 1 aliphatic heterocycles. The number of pyridine rings is 1.